The molecule has 118 valence electrons. The topological polar surface area (TPSA) is 138 Å². The zero-order valence-corrected chi connectivity index (χ0v) is 10.9. The van der Waals surface area contributed by atoms with Crippen LogP contribution in [0.4, 0.5) is 0 Å². The minimum Gasteiger partial charge on any atom is -0.394 e. The van der Waals surface area contributed by atoms with Crippen molar-refractivity contribution in [2.75, 3.05) is 20.3 Å². The van der Waals surface area contributed by atoms with E-state index in [0.29, 0.717) is 0 Å². The molecule has 0 aliphatic carbocycles. The van der Waals surface area contributed by atoms with Crippen LogP contribution in [-0.4, -0.2) is 95.1 Å². The van der Waals surface area contributed by atoms with Crippen molar-refractivity contribution in [1.82, 2.24) is 0 Å². The summed E-state index contributed by atoms with van der Waals surface area (Å²) < 4.78 is 20.7. The minimum absolute atomic E-state index is 0.420. The molecule has 2 rings (SSSR count). The lowest BCUT2D eigenvalue weighted by atomic mass is 10.1. The van der Waals surface area contributed by atoms with Gasteiger partial charge in [-0.2, -0.15) is 0 Å². The van der Waals surface area contributed by atoms with E-state index in [9.17, 15) is 15.3 Å². The smallest absolute Gasteiger partial charge is 0.187 e. The summed E-state index contributed by atoms with van der Waals surface area (Å²) in [5.74, 6) is 0. The van der Waals surface area contributed by atoms with Gasteiger partial charge >= 0.3 is 0 Å². The maximum absolute atomic E-state index is 9.95. The summed E-state index contributed by atoms with van der Waals surface area (Å²) >= 11 is 0. The fourth-order valence-corrected chi connectivity index (χ4v) is 2.32. The minimum atomic E-state index is -1.37. The molecular weight excluding hydrogens is 276 g/mol. The largest absolute Gasteiger partial charge is 0.394 e. The van der Waals surface area contributed by atoms with Crippen molar-refractivity contribution in [3.05, 3.63) is 0 Å². The first kappa shape index (κ1) is 16.0. The van der Waals surface area contributed by atoms with Crippen molar-refractivity contribution in [2.45, 2.75) is 49.2 Å². The lowest BCUT2D eigenvalue weighted by Gasteiger charge is -2.25. The van der Waals surface area contributed by atoms with Crippen molar-refractivity contribution >= 4 is 0 Å². The molecule has 2 heterocycles. The highest BCUT2D eigenvalue weighted by molar-refractivity contribution is 4.91. The van der Waals surface area contributed by atoms with Gasteiger partial charge in [0.2, 0.25) is 0 Å². The predicted octanol–water partition coefficient (Wildman–Crippen LogP) is -3.46. The maximum atomic E-state index is 9.95. The van der Waals surface area contributed by atoms with Crippen LogP contribution in [-0.2, 0) is 18.9 Å². The third-order valence-electron chi connectivity index (χ3n) is 3.50. The van der Waals surface area contributed by atoms with Gasteiger partial charge in [0.1, 0.15) is 36.6 Å². The standard InChI is InChI=1S/C11H20O9/c1-17-11-9(7(15)5(3-13)19-11)20-10-8(16)6(14)4(2-12)18-10/h4-16H,2-3H2,1H3/t4-,5-,6-,7-,8+,9+,10-,11+/m1/s1. The summed E-state index contributed by atoms with van der Waals surface area (Å²) in [6, 6.07) is 0. The van der Waals surface area contributed by atoms with Gasteiger partial charge in [0.15, 0.2) is 12.6 Å². The number of methoxy groups -OCH3 is 1. The monoisotopic (exact) mass is 296 g/mol. The first-order valence-electron chi connectivity index (χ1n) is 6.28. The highest BCUT2D eigenvalue weighted by atomic mass is 16.8. The zero-order chi connectivity index (χ0) is 14.9. The van der Waals surface area contributed by atoms with E-state index in [1.807, 2.05) is 0 Å². The van der Waals surface area contributed by atoms with Gasteiger partial charge in [-0.1, -0.05) is 0 Å². The number of hydrogen-bond acceptors (Lipinski definition) is 9. The second-order valence-electron chi connectivity index (χ2n) is 4.76. The van der Waals surface area contributed by atoms with Gasteiger partial charge in [-0.3, -0.25) is 0 Å². The van der Waals surface area contributed by atoms with Crippen LogP contribution < -0.4 is 0 Å². The Morgan fingerprint density at radius 3 is 1.90 bits per heavy atom. The molecule has 8 atom stereocenters. The normalized spacial score (nSPS) is 48.9. The van der Waals surface area contributed by atoms with Gasteiger partial charge in [-0.15, -0.1) is 0 Å². The van der Waals surface area contributed by atoms with Crippen LogP contribution in [0.25, 0.3) is 0 Å². The molecule has 0 saturated carbocycles. The molecule has 0 aromatic rings. The number of aliphatic hydroxyl groups is 5. The van der Waals surface area contributed by atoms with Gasteiger partial charge < -0.3 is 44.5 Å². The highest BCUT2D eigenvalue weighted by Crippen LogP contribution is 2.30. The van der Waals surface area contributed by atoms with Crippen LogP contribution in [0.3, 0.4) is 0 Å². The summed E-state index contributed by atoms with van der Waals surface area (Å²) in [6.07, 6.45) is -8.86. The summed E-state index contributed by atoms with van der Waals surface area (Å²) in [6.45, 7) is -0.897. The maximum Gasteiger partial charge on any atom is 0.187 e. The average molecular weight is 296 g/mol. The Bertz CT molecular complexity index is 312. The average Bonchev–Trinajstić information content (AvgIpc) is 2.91. The molecule has 2 aliphatic heterocycles. The van der Waals surface area contributed by atoms with Crippen LogP contribution in [0.5, 0.6) is 0 Å². The molecular formula is C11H20O9. The number of hydrogen-bond donors (Lipinski definition) is 5. The Morgan fingerprint density at radius 2 is 1.40 bits per heavy atom. The molecule has 0 radical (unpaired) electrons. The van der Waals surface area contributed by atoms with E-state index < -0.39 is 62.4 Å². The molecule has 5 N–H and O–H groups in total. The van der Waals surface area contributed by atoms with Gasteiger partial charge in [-0.05, 0) is 0 Å². The molecule has 0 aromatic carbocycles. The van der Waals surface area contributed by atoms with E-state index in [0.717, 1.165) is 0 Å². The molecule has 9 heteroatoms. The third kappa shape index (κ3) is 2.82. The summed E-state index contributed by atoms with van der Waals surface area (Å²) in [5, 5.41) is 47.4. The summed E-state index contributed by atoms with van der Waals surface area (Å²) in [7, 11) is 1.34. The zero-order valence-electron chi connectivity index (χ0n) is 10.9. The molecule has 0 aromatic heterocycles. The molecule has 0 spiro atoms. The van der Waals surface area contributed by atoms with Crippen LogP contribution in [0, 0.1) is 0 Å². The molecule has 0 unspecified atom stereocenters. The first-order chi connectivity index (χ1) is 9.53. The first-order valence-corrected chi connectivity index (χ1v) is 6.28. The molecule has 0 bridgehead atoms. The third-order valence-corrected chi connectivity index (χ3v) is 3.50. The van der Waals surface area contributed by atoms with Crippen molar-refractivity contribution in [1.29, 1.82) is 0 Å². The lowest BCUT2D eigenvalue weighted by Crippen LogP contribution is -2.43. The Hall–Kier alpha value is -0.360. The Morgan fingerprint density at radius 1 is 0.850 bits per heavy atom. The van der Waals surface area contributed by atoms with E-state index in [4.69, 9.17) is 29.2 Å². The van der Waals surface area contributed by atoms with Crippen LogP contribution >= 0.6 is 0 Å². The van der Waals surface area contributed by atoms with Crippen LogP contribution in [0.1, 0.15) is 0 Å². The van der Waals surface area contributed by atoms with E-state index >= 15 is 0 Å². The van der Waals surface area contributed by atoms with Crippen molar-refractivity contribution in [2.24, 2.45) is 0 Å². The lowest BCUT2D eigenvalue weighted by molar-refractivity contribution is -0.241. The summed E-state index contributed by atoms with van der Waals surface area (Å²) in [4.78, 5) is 0. The van der Waals surface area contributed by atoms with E-state index in [1.165, 1.54) is 7.11 Å². The van der Waals surface area contributed by atoms with Gasteiger partial charge in [-0.25, -0.2) is 0 Å². The Kier molecular flexibility index (Phi) is 5.29. The van der Waals surface area contributed by atoms with Crippen molar-refractivity contribution in [3.63, 3.8) is 0 Å². The van der Waals surface area contributed by atoms with E-state index in [-0.39, 0.29) is 0 Å². The number of rotatable bonds is 5. The molecule has 2 fully saturated rings. The second-order valence-corrected chi connectivity index (χ2v) is 4.76. The number of ether oxygens (including phenoxy) is 4. The molecule has 0 amide bonds. The Balaban J connectivity index is 2.01. The van der Waals surface area contributed by atoms with Gasteiger partial charge in [0.05, 0.1) is 13.2 Å². The van der Waals surface area contributed by atoms with E-state index in [2.05, 4.69) is 0 Å². The summed E-state index contributed by atoms with van der Waals surface area (Å²) in [5.41, 5.74) is 0. The van der Waals surface area contributed by atoms with Gasteiger partial charge in [0, 0.05) is 7.11 Å². The van der Waals surface area contributed by atoms with E-state index in [1.54, 1.807) is 0 Å². The van der Waals surface area contributed by atoms with Crippen LogP contribution in [0.15, 0.2) is 0 Å². The second kappa shape index (κ2) is 6.60. The fourth-order valence-electron chi connectivity index (χ4n) is 2.32. The highest BCUT2D eigenvalue weighted by Gasteiger charge is 2.50. The predicted molar refractivity (Wildman–Crippen MR) is 61.4 cm³/mol. The van der Waals surface area contributed by atoms with Crippen LogP contribution in [0.2, 0.25) is 0 Å². The SMILES string of the molecule is CO[C@H]1O[C@H](CO)[C@@H](O)[C@@H]1O[C@H]1O[C@H](CO)[C@@H](O)[C@@H]1O. The molecule has 2 aliphatic rings. The van der Waals surface area contributed by atoms with Gasteiger partial charge in [0.25, 0.3) is 0 Å². The Labute approximate surface area is 115 Å². The van der Waals surface area contributed by atoms with Crippen molar-refractivity contribution < 1.29 is 44.5 Å². The molecule has 20 heavy (non-hydrogen) atoms. The number of aliphatic hydroxyl groups excluding tert-OH is 5. The quantitative estimate of drug-likeness (QED) is 0.350. The fraction of sp³-hybridized carbons (Fsp3) is 1.00. The van der Waals surface area contributed by atoms with Crippen molar-refractivity contribution in [3.8, 4) is 0 Å². The molecule has 9 nitrogen and oxygen atoms in total. The molecule has 2 saturated heterocycles.